The SMILES string of the molecule is CN(C(=O)CC1CCCN1)c1ccc(C(C)(C)C)cc1. The van der Waals surface area contributed by atoms with Crippen LogP contribution in [0.1, 0.15) is 45.6 Å². The third-order valence-corrected chi connectivity index (χ3v) is 4.08. The number of carbonyl (C=O) groups is 1. The van der Waals surface area contributed by atoms with Crippen LogP contribution >= 0.6 is 0 Å². The second-order valence-electron chi connectivity index (χ2n) is 6.75. The van der Waals surface area contributed by atoms with E-state index in [2.05, 4.69) is 38.2 Å². The molecule has 1 fully saturated rings. The minimum atomic E-state index is 0.148. The van der Waals surface area contributed by atoms with E-state index in [1.54, 1.807) is 4.90 Å². The number of amides is 1. The highest BCUT2D eigenvalue weighted by Crippen LogP contribution is 2.25. The number of anilines is 1. The molecule has 0 bridgehead atoms. The van der Waals surface area contributed by atoms with Gasteiger partial charge < -0.3 is 10.2 Å². The van der Waals surface area contributed by atoms with Crippen molar-refractivity contribution in [3.8, 4) is 0 Å². The smallest absolute Gasteiger partial charge is 0.228 e. The molecule has 1 heterocycles. The molecule has 1 aromatic rings. The molecule has 1 amide bonds. The Labute approximate surface area is 122 Å². The Kier molecular flexibility index (Phi) is 4.48. The van der Waals surface area contributed by atoms with Crippen molar-refractivity contribution in [3.63, 3.8) is 0 Å². The maximum Gasteiger partial charge on any atom is 0.228 e. The third kappa shape index (κ3) is 3.60. The molecule has 0 radical (unpaired) electrons. The highest BCUT2D eigenvalue weighted by molar-refractivity contribution is 5.93. The number of benzene rings is 1. The van der Waals surface area contributed by atoms with Crippen molar-refractivity contribution >= 4 is 11.6 Å². The van der Waals surface area contributed by atoms with Gasteiger partial charge in [-0.15, -0.1) is 0 Å². The first-order valence-corrected chi connectivity index (χ1v) is 7.48. The molecule has 3 heteroatoms. The summed E-state index contributed by atoms with van der Waals surface area (Å²) in [7, 11) is 1.86. The molecule has 1 unspecified atom stereocenters. The number of nitrogens with zero attached hydrogens (tertiary/aromatic N) is 1. The van der Waals surface area contributed by atoms with Crippen LogP contribution in [0, 0.1) is 0 Å². The van der Waals surface area contributed by atoms with Crippen molar-refractivity contribution in [2.24, 2.45) is 0 Å². The summed E-state index contributed by atoms with van der Waals surface area (Å²) < 4.78 is 0. The van der Waals surface area contributed by atoms with Crippen LogP contribution in [-0.4, -0.2) is 25.5 Å². The minimum Gasteiger partial charge on any atom is -0.315 e. The summed E-state index contributed by atoms with van der Waals surface area (Å²) in [5, 5.41) is 3.38. The highest BCUT2D eigenvalue weighted by Gasteiger charge is 2.21. The van der Waals surface area contributed by atoms with E-state index < -0.39 is 0 Å². The Morgan fingerprint density at radius 2 is 1.95 bits per heavy atom. The van der Waals surface area contributed by atoms with Crippen molar-refractivity contribution in [2.75, 3.05) is 18.5 Å². The van der Waals surface area contributed by atoms with Crippen LogP contribution in [0.15, 0.2) is 24.3 Å². The van der Waals surface area contributed by atoms with E-state index in [1.165, 1.54) is 12.0 Å². The van der Waals surface area contributed by atoms with Crippen LogP contribution in [0.2, 0.25) is 0 Å². The Morgan fingerprint density at radius 1 is 1.30 bits per heavy atom. The van der Waals surface area contributed by atoms with Crippen LogP contribution in [-0.2, 0) is 10.2 Å². The van der Waals surface area contributed by atoms with E-state index in [-0.39, 0.29) is 11.3 Å². The normalized spacial score (nSPS) is 19.1. The predicted octanol–water partition coefficient (Wildman–Crippen LogP) is 3.09. The summed E-state index contributed by atoms with van der Waals surface area (Å²) in [6, 6.07) is 8.68. The molecule has 1 N–H and O–H groups in total. The average molecular weight is 274 g/mol. The molecule has 3 nitrogen and oxygen atoms in total. The summed E-state index contributed by atoms with van der Waals surface area (Å²) in [6.07, 6.45) is 2.89. The van der Waals surface area contributed by atoms with Crippen LogP contribution < -0.4 is 10.2 Å². The van der Waals surface area contributed by atoms with E-state index in [0.717, 1.165) is 18.7 Å². The van der Waals surface area contributed by atoms with Crippen molar-refractivity contribution in [1.82, 2.24) is 5.32 Å². The predicted molar refractivity (Wildman–Crippen MR) is 84.2 cm³/mol. The third-order valence-electron chi connectivity index (χ3n) is 4.08. The molecule has 2 rings (SSSR count). The van der Waals surface area contributed by atoms with E-state index in [4.69, 9.17) is 0 Å². The molecular formula is C17H26N2O. The van der Waals surface area contributed by atoms with Crippen molar-refractivity contribution in [3.05, 3.63) is 29.8 Å². The molecule has 1 aliphatic rings. The number of hydrogen-bond donors (Lipinski definition) is 1. The maximum atomic E-state index is 12.3. The van der Waals surface area contributed by atoms with Gasteiger partial charge in [0.25, 0.3) is 0 Å². The largest absolute Gasteiger partial charge is 0.315 e. The van der Waals surface area contributed by atoms with Gasteiger partial charge in [-0.2, -0.15) is 0 Å². The molecule has 20 heavy (non-hydrogen) atoms. The summed E-state index contributed by atoms with van der Waals surface area (Å²) in [5.74, 6) is 0.188. The van der Waals surface area contributed by atoms with E-state index in [0.29, 0.717) is 12.5 Å². The highest BCUT2D eigenvalue weighted by atomic mass is 16.2. The second kappa shape index (κ2) is 5.96. The lowest BCUT2D eigenvalue weighted by atomic mass is 9.87. The van der Waals surface area contributed by atoms with Gasteiger partial charge in [0.1, 0.15) is 0 Å². The van der Waals surface area contributed by atoms with Crippen molar-refractivity contribution in [1.29, 1.82) is 0 Å². The average Bonchev–Trinajstić information content (AvgIpc) is 2.90. The molecule has 1 saturated heterocycles. The van der Waals surface area contributed by atoms with E-state index >= 15 is 0 Å². The van der Waals surface area contributed by atoms with Gasteiger partial charge in [0.15, 0.2) is 0 Å². The van der Waals surface area contributed by atoms with Crippen LogP contribution in [0.3, 0.4) is 0 Å². The lowest BCUT2D eigenvalue weighted by Gasteiger charge is -2.22. The molecule has 0 spiro atoms. The number of nitrogens with one attached hydrogen (secondary N) is 1. The monoisotopic (exact) mass is 274 g/mol. The Balaban J connectivity index is 2.01. The zero-order valence-electron chi connectivity index (χ0n) is 13.1. The zero-order valence-corrected chi connectivity index (χ0v) is 13.1. The molecule has 0 aliphatic carbocycles. The van der Waals surface area contributed by atoms with Gasteiger partial charge >= 0.3 is 0 Å². The summed E-state index contributed by atoms with van der Waals surface area (Å²) in [5.41, 5.74) is 2.41. The topological polar surface area (TPSA) is 32.3 Å². The van der Waals surface area contributed by atoms with Gasteiger partial charge in [-0.1, -0.05) is 32.9 Å². The molecule has 110 valence electrons. The van der Waals surface area contributed by atoms with Gasteiger partial charge in [0.05, 0.1) is 0 Å². The van der Waals surface area contributed by atoms with Crippen molar-refractivity contribution < 1.29 is 4.79 Å². The lowest BCUT2D eigenvalue weighted by molar-refractivity contribution is -0.118. The maximum absolute atomic E-state index is 12.3. The first-order chi connectivity index (χ1) is 9.38. The fourth-order valence-corrected chi connectivity index (χ4v) is 2.61. The second-order valence-corrected chi connectivity index (χ2v) is 6.75. The Bertz CT molecular complexity index is 453. The number of hydrogen-bond acceptors (Lipinski definition) is 2. The van der Waals surface area contributed by atoms with E-state index in [1.807, 2.05) is 19.2 Å². The van der Waals surface area contributed by atoms with Gasteiger partial charge in [-0.05, 0) is 42.5 Å². The van der Waals surface area contributed by atoms with Crippen LogP contribution in [0.25, 0.3) is 0 Å². The lowest BCUT2D eigenvalue weighted by Crippen LogP contribution is -2.33. The van der Waals surface area contributed by atoms with Gasteiger partial charge in [-0.3, -0.25) is 4.79 Å². The Morgan fingerprint density at radius 3 is 2.45 bits per heavy atom. The quantitative estimate of drug-likeness (QED) is 0.918. The fraction of sp³-hybridized carbons (Fsp3) is 0.588. The van der Waals surface area contributed by atoms with Gasteiger partial charge in [0.2, 0.25) is 5.91 Å². The summed E-state index contributed by atoms with van der Waals surface area (Å²) in [4.78, 5) is 14.0. The summed E-state index contributed by atoms with van der Waals surface area (Å²) in [6.45, 7) is 7.63. The fourth-order valence-electron chi connectivity index (χ4n) is 2.61. The number of rotatable bonds is 3. The summed E-state index contributed by atoms with van der Waals surface area (Å²) >= 11 is 0. The van der Waals surface area contributed by atoms with Gasteiger partial charge in [-0.25, -0.2) is 0 Å². The molecular weight excluding hydrogens is 248 g/mol. The minimum absolute atomic E-state index is 0.148. The molecule has 0 aromatic heterocycles. The first-order valence-electron chi connectivity index (χ1n) is 7.48. The molecule has 1 atom stereocenters. The van der Waals surface area contributed by atoms with E-state index in [9.17, 15) is 4.79 Å². The first kappa shape index (κ1) is 15.0. The molecule has 0 saturated carbocycles. The molecule has 1 aromatic carbocycles. The van der Waals surface area contributed by atoms with Crippen LogP contribution in [0.4, 0.5) is 5.69 Å². The standard InChI is InChI=1S/C17H26N2O/c1-17(2,3)13-7-9-15(10-8-13)19(4)16(20)12-14-6-5-11-18-14/h7-10,14,18H,5-6,11-12H2,1-4H3. The number of carbonyl (C=O) groups excluding carboxylic acids is 1. The van der Waals surface area contributed by atoms with Crippen molar-refractivity contribution in [2.45, 2.75) is 51.5 Å². The van der Waals surface area contributed by atoms with Gasteiger partial charge in [0, 0.05) is 25.2 Å². The molecule has 1 aliphatic heterocycles. The Hall–Kier alpha value is -1.35. The zero-order chi connectivity index (χ0) is 14.8. The van der Waals surface area contributed by atoms with Crippen LogP contribution in [0.5, 0.6) is 0 Å².